The highest BCUT2D eigenvalue weighted by atomic mass is 14.1. The van der Waals surface area contributed by atoms with Crippen LogP contribution in [0.15, 0.2) is 72.8 Å². The Morgan fingerprint density at radius 3 is 2.27 bits per heavy atom. The van der Waals surface area contributed by atoms with Crippen molar-refractivity contribution in [3.63, 3.8) is 0 Å². The predicted molar refractivity (Wildman–Crippen MR) is 95.5 cm³/mol. The highest BCUT2D eigenvalue weighted by Crippen LogP contribution is 2.33. The lowest BCUT2D eigenvalue weighted by molar-refractivity contribution is 1.11. The maximum Gasteiger partial charge on any atom is -0.00883 e. The Bertz CT molecular complexity index is 1070. The number of allylic oxidation sites excluding steroid dienone is 2. The van der Waals surface area contributed by atoms with Crippen LogP contribution in [-0.4, -0.2) is 0 Å². The van der Waals surface area contributed by atoms with Crippen molar-refractivity contribution in [3.05, 3.63) is 83.9 Å². The van der Waals surface area contributed by atoms with Gasteiger partial charge in [-0.2, -0.15) is 0 Å². The van der Waals surface area contributed by atoms with Gasteiger partial charge >= 0.3 is 0 Å². The SMILES string of the molecule is C1=CCc2c(ccc3cc4c(ccc5ccccc54)cc23)C1. The normalized spacial score (nSPS) is 13.8. The van der Waals surface area contributed by atoms with Gasteiger partial charge in [-0.25, -0.2) is 0 Å². The molecule has 0 radical (unpaired) electrons. The van der Waals surface area contributed by atoms with Gasteiger partial charge in [0.1, 0.15) is 0 Å². The van der Waals surface area contributed by atoms with Crippen LogP contribution in [0.5, 0.6) is 0 Å². The summed E-state index contributed by atoms with van der Waals surface area (Å²) in [4.78, 5) is 0. The minimum Gasteiger partial charge on any atom is -0.0838 e. The quantitative estimate of drug-likeness (QED) is 0.217. The van der Waals surface area contributed by atoms with Gasteiger partial charge in [-0.15, -0.1) is 0 Å². The third-order valence-electron chi connectivity index (χ3n) is 4.92. The first kappa shape index (κ1) is 12.0. The highest BCUT2D eigenvalue weighted by molar-refractivity contribution is 6.12. The fourth-order valence-electron chi connectivity index (χ4n) is 3.78. The van der Waals surface area contributed by atoms with E-state index in [1.807, 2.05) is 0 Å². The fraction of sp³-hybridized carbons (Fsp3) is 0.0909. The third kappa shape index (κ3) is 1.64. The van der Waals surface area contributed by atoms with Crippen LogP contribution in [0.1, 0.15) is 11.1 Å². The average Bonchev–Trinajstić information content (AvgIpc) is 2.60. The zero-order chi connectivity index (χ0) is 14.5. The van der Waals surface area contributed by atoms with Crippen LogP contribution < -0.4 is 0 Å². The Kier molecular flexibility index (Phi) is 2.42. The molecule has 0 nitrogen and oxygen atoms in total. The summed E-state index contributed by atoms with van der Waals surface area (Å²) in [5, 5.41) is 8.14. The van der Waals surface area contributed by atoms with Gasteiger partial charge in [0.05, 0.1) is 0 Å². The van der Waals surface area contributed by atoms with Gasteiger partial charge in [0, 0.05) is 0 Å². The van der Waals surface area contributed by atoms with Crippen LogP contribution in [0.4, 0.5) is 0 Å². The Morgan fingerprint density at radius 2 is 1.27 bits per heavy atom. The third-order valence-corrected chi connectivity index (χ3v) is 4.92. The van der Waals surface area contributed by atoms with Gasteiger partial charge in [0.25, 0.3) is 0 Å². The molecule has 0 atom stereocenters. The van der Waals surface area contributed by atoms with Gasteiger partial charge in [-0.1, -0.05) is 60.7 Å². The second-order valence-corrected chi connectivity index (χ2v) is 6.16. The molecule has 0 aromatic heterocycles. The second-order valence-electron chi connectivity index (χ2n) is 6.16. The van der Waals surface area contributed by atoms with Gasteiger partial charge < -0.3 is 0 Å². The summed E-state index contributed by atoms with van der Waals surface area (Å²) in [7, 11) is 0. The van der Waals surface area contributed by atoms with E-state index in [0.29, 0.717) is 0 Å². The lowest BCUT2D eigenvalue weighted by atomic mass is 9.89. The van der Waals surface area contributed by atoms with Crippen molar-refractivity contribution in [2.24, 2.45) is 0 Å². The van der Waals surface area contributed by atoms with Crippen LogP contribution in [0, 0.1) is 0 Å². The smallest absolute Gasteiger partial charge is 0.00883 e. The predicted octanol–water partition coefficient (Wildman–Crippen LogP) is 5.80. The molecule has 22 heavy (non-hydrogen) atoms. The molecule has 104 valence electrons. The lowest BCUT2D eigenvalue weighted by Crippen LogP contribution is -1.98. The largest absolute Gasteiger partial charge is 0.0838 e. The number of fused-ring (bicyclic) bond motifs is 6. The van der Waals surface area contributed by atoms with Crippen molar-refractivity contribution >= 4 is 32.3 Å². The molecule has 1 aliphatic rings. The van der Waals surface area contributed by atoms with Crippen LogP contribution in [0.2, 0.25) is 0 Å². The number of hydrogen-bond donors (Lipinski definition) is 0. The minimum absolute atomic E-state index is 1.06. The average molecular weight is 280 g/mol. The summed E-state index contributed by atoms with van der Waals surface area (Å²) in [6, 6.07) is 22.5. The molecule has 5 rings (SSSR count). The standard InChI is InChI=1S/C22H16/c1-3-7-19-15(5-1)9-11-17-14-22-18(13-21(17)19)12-10-16-6-2-4-8-20(16)22/h1-5,7,9-14H,6,8H2. The summed E-state index contributed by atoms with van der Waals surface area (Å²) in [5.74, 6) is 0. The molecule has 0 bridgehead atoms. The van der Waals surface area contributed by atoms with Crippen molar-refractivity contribution in [3.8, 4) is 0 Å². The van der Waals surface area contributed by atoms with E-state index in [0.717, 1.165) is 12.8 Å². The van der Waals surface area contributed by atoms with Crippen molar-refractivity contribution in [1.82, 2.24) is 0 Å². The van der Waals surface area contributed by atoms with Gasteiger partial charge in [-0.3, -0.25) is 0 Å². The molecule has 0 heteroatoms. The summed E-state index contributed by atoms with van der Waals surface area (Å²) >= 11 is 0. The fourth-order valence-corrected chi connectivity index (χ4v) is 3.78. The van der Waals surface area contributed by atoms with E-state index in [1.165, 1.54) is 43.4 Å². The first-order chi connectivity index (χ1) is 10.9. The molecule has 0 spiro atoms. The molecule has 0 fully saturated rings. The molecule has 0 N–H and O–H groups in total. The molecular weight excluding hydrogens is 264 g/mol. The lowest BCUT2D eigenvalue weighted by Gasteiger charge is -2.15. The van der Waals surface area contributed by atoms with E-state index in [-0.39, 0.29) is 0 Å². The number of benzene rings is 4. The molecule has 4 aromatic rings. The second kappa shape index (κ2) is 4.45. The van der Waals surface area contributed by atoms with Crippen LogP contribution >= 0.6 is 0 Å². The Labute approximate surface area is 129 Å². The Morgan fingerprint density at radius 1 is 0.545 bits per heavy atom. The van der Waals surface area contributed by atoms with E-state index in [9.17, 15) is 0 Å². The number of rotatable bonds is 0. The van der Waals surface area contributed by atoms with Crippen molar-refractivity contribution < 1.29 is 0 Å². The summed E-state index contributed by atoms with van der Waals surface area (Å²) < 4.78 is 0. The molecule has 0 heterocycles. The molecule has 0 amide bonds. The molecule has 4 aromatic carbocycles. The molecule has 0 aliphatic heterocycles. The van der Waals surface area contributed by atoms with E-state index in [4.69, 9.17) is 0 Å². The van der Waals surface area contributed by atoms with Crippen molar-refractivity contribution in [2.45, 2.75) is 12.8 Å². The minimum atomic E-state index is 1.06. The maximum absolute atomic E-state index is 2.38. The number of hydrogen-bond acceptors (Lipinski definition) is 0. The highest BCUT2D eigenvalue weighted by Gasteiger charge is 2.10. The zero-order valence-electron chi connectivity index (χ0n) is 12.3. The van der Waals surface area contributed by atoms with Gasteiger partial charge in [0.2, 0.25) is 0 Å². The van der Waals surface area contributed by atoms with E-state index < -0.39 is 0 Å². The Balaban J connectivity index is 1.93. The molecular formula is C22H16. The van der Waals surface area contributed by atoms with E-state index in [1.54, 1.807) is 0 Å². The summed E-state index contributed by atoms with van der Waals surface area (Å²) in [6.07, 6.45) is 6.71. The first-order valence-corrected chi connectivity index (χ1v) is 7.91. The van der Waals surface area contributed by atoms with Crippen LogP contribution in [0.3, 0.4) is 0 Å². The molecule has 0 unspecified atom stereocenters. The van der Waals surface area contributed by atoms with Gasteiger partial charge in [0.15, 0.2) is 0 Å². The molecule has 1 aliphatic carbocycles. The maximum atomic E-state index is 2.38. The van der Waals surface area contributed by atoms with E-state index in [2.05, 4.69) is 72.8 Å². The first-order valence-electron chi connectivity index (χ1n) is 7.91. The summed E-state index contributed by atoms with van der Waals surface area (Å²) in [6.45, 7) is 0. The van der Waals surface area contributed by atoms with Crippen LogP contribution in [-0.2, 0) is 12.8 Å². The monoisotopic (exact) mass is 280 g/mol. The van der Waals surface area contributed by atoms with Gasteiger partial charge in [-0.05, 0) is 68.4 Å². The van der Waals surface area contributed by atoms with Crippen molar-refractivity contribution in [2.75, 3.05) is 0 Å². The molecule has 0 saturated heterocycles. The summed E-state index contributed by atoms with van der Waals surface area (Å²) in [5.41, 5.74) is 2.99. The van der Waals surface area contributed by atoms with Crippen molar-refractivity contribution in [1.29, 1.82) is 0 Å². The zero-order valence-corrected chi connectivity index (χ0v) is 12.3. The Hall–Kier alpha value is -2.60. The van der Waals surface area contributed by atoms with Crippen LogP contribution in [0.25, 0.3) is 32.3 Å². The van der Waals surface area contributed by atoms with E-state index >= 15 is 0 Å². The molecule has 0 saturated carbocycles. The topological polar surface area (TPSA) is 0 Å².